The van der Waals surface area contributed by atoms with Crippen molar-refractivity contribution in [1.29, 1.82) is 0 Å². The summed E-state index contributed by atoms with van der Waals surface area (Å²) in [5.41, 5.74) is 3.56. The predicted molar refractivity (Wildman–Crippen MR) is 120 cm³/mol. The van der Waals surface area contributed by atoms with Crippen LogP contribution >= 0.6 is 11.6 Å². The van der Waals surface area contributed by atoms with E-state index in [1.54, 1.807) is 39.0 Å². The second kappa shape index (κ2) is 8.71. The zero-order valence-corrected chi connectivity index (χ0v) is 18.6. The van der Waals surface area contributed by atoms with Crippen LogP contribution in [0.1, 0.15) is 27.9 Å². The van der Waals surface area contributed by atoms with Crippen LogP contribution in [0.4, 0.5) is 5.69 Å². The molecule has 162 valence electrons. The van der Waals surface area contributed by atoms with Gasteiger partial charge in [0.05, 0.1) is 16.5 Å². The van der Waals surface area contributed by atoms with E-state index < -0.39 is 0 Å². The molecular weight excluding hydrogens is 414 g/mol. The van der Waals surface area contributed by atoms with Gasteiger partial charge in [0.15, 0.2) is 0 Å². The molecule has 0 radical (unpaired) electrons. The molecule has 0 bridgehead atoms. The van der Waals surface area contributed by atoms with Crippen LogP contribution in [0, 0.1) is 19.8 Å². The average molecular weight is 440 g/mol. The fraction of sp³-hybridized carbons (Fsp3) is 0.375. The maximum Gasteiger partial charge on any atom is 0.255 e. The van der Waals surface area contributed by atoms with E-state index in [1.165, 1.54) is 0 Å². The molecule has 1 atom stereocenters. The third-order valence-electron chi connectivity index (χ3n) is 6.32. The van der Waals surface area contributed by atoms with Crippen LogP contribution in [0.2, 0.25) is 5.02 Å². The van der Waals surface area contributed by atoms with Gasteiger partial charge in [0.25, 0.3) is 5.91 Å². The molecule has 2 aromatic rings. The fourth-order valence-electron chi connectivity index (χ4n) is 4.33. The number of aryl methyl sites for hydroxylation is 1. The summed E-state index contributed by atoms with van der Waals surface area (Å²) < 4.78 is 0. The molecule has 0 saturated carbocycles. The normalized spacial score (nSPS) is 19.1. The van der Waals surface area contributed by atoms with Gasteiger partial charge in [-0.25, -0.2) is 0 Å². The zero-order chi connectivity index (χ0) is 22.1. The van der Waals surface area contributed by atoms with Gasteiger partial charge in [0, 0.05) is 44.8 Å². The number of halogens is 1. The van der Waals surface area contributed by atoms with E-state index in [1.807, 2.05) is 32.0 Å². The molecule has 4 rings (SSSR count). The lowest BCUT2D eigenvalue weighted by Crippen LogP contribution is -2.52. The number of hydrogen-bond acceptors (Lipinski definition) is 3. The van der Waals surface area contributed by atoms with Crippen molar-refractivity contribution >= 4 is 35.0 Å². The van der Waals surface area contributed by atoms with Crippen molar-refractivity contribution in [2.45, 2.75) is 20.3 Å². The minimum atomic E-state index is -0.349. The van der Waals surface area contributed by atoms with Crippen LogP contribution in [0.25, 0.3) is 0 Å². The summed E-state index contributed by atoms with van der Waals surface area (Å²) in [7, 11) is 0. The first-order valence-corrected chi connectivity index (χ1v) is 10.9. The lowest BCUT2D eigenvalue weighted by Gasteiger charge is -2.36. The van der Waals surface area contributed by atoms with Crippen LogP contribution in [-0.2, 0) is 9.59 Å². The molecule has 2 heterocycles. The largest absolute Gasteiger partial charge is 0.339 e. The Kier molecular flexibility index (Phi) is 6.01. The molecule has 0 unspecified atom stereocenters. The number of anilines is 1. The molecular formula is C24H26ClN3O3. The standard InChI is InChI=1S/C24H26ClN3O3/c1-16-6-5-9-21(17(16)2)28-15-18(14-22(28)29)23(30)26-10-12-27(13-11-26)24(31)19-7-3-4-8-20(19)25/h3-9,18H,10-15H2,1-2H3/t18-/m0/s1. The Morgan fingerprint density at radius 1 is 0.935 bits per heavy atom. The van der Waals surface area contributed by atoms with Gasteiger partial charge in [-0.3, -0.25) is 14.4 Å². The molecule has 2 fully saturated rings. The highest BCUT2D eigenvalue weighted by Gasteiger charge is 2.38. The first kappa shape index (κ1) is 21.4. The molecule has 6 nitrogen and oxygen atoms in total. The van der Waals surface area contributed by atoms with E-state index in [2.05, 4.69) is 0 Å². The highest BCUT2D eigenvalue weighted by atomic mass is 35.5. The Balaban J connectivity index is 1.38. The molecule has 2 aliphatic rings. The topological polar surface area (TPSA) is 60.9 Å². The molecule has 31 heavy (non-hydrogen) atoms. The van der Waals surface area contributed by atoms with Gasteiger partial charge < -0.3 is 14.7 Å². The number of rotatable bonds is 3. The van der Waals surface area contributed by atoms with Crippen molar-refractivity contribution in [3.8, 4) is 0 Å². The Bertz CT molecular complexity index is 1030. The minimum Gasteiger partial charge on any atom is -0.339 e. The van der Waals surface area contributed by atoms with Crippen molar-refractivity contribution in [2.75, 3.05) is 37.6 Å². The summed E-state index contributed by atoms with van der Waals surface area (Å²) in [5, 5.41) is 0.432. The average Bonchev–Trinajstić information content (AvgIpc) is 3.16. The number of carbonyl (C=O) groups excluding carboxylic acids is 3. The Hall–Kier alpha value is -2.86. The highest BCUT2D eigenvalue weighted by molar-refractivity contribution is 6.33. The molecule has 0 N–H and O–H groups in total. The molecule has 2 saturated heterocycles. The Labute approximate surface area is 187 Å². The Morgan fingerprint density at radius 2 is 1.61 bits per heavy atom. The van der Waals surface area contributed by atoms with Crippen LogP contribution < -0.4 is 4.90 Å². The number of carbonyl (C=O) groups is 3. The highest BCUT2D eigenvalue weighted by Crippen LogP contribution is 2.30. The third kappa shape index (κ3) is 4.17. The summed E-state index contributed by atoms with van der Waals surface area (Å²) >= 11 is 6.15. The van der Waals surface area contributed by atoms with Crippen molar-refractivity contribution < 1.29 is 14.4 Å². The predicted octanol–water partition coefficient (Wildman–Crippen LogP) is 3.29. The number of amides is 3. The lowest BCUT2D eigenvalue weighted by molar-refractivity contribution is -0.137. The van der Waals surface area contributed by atoms with Crippen LogP contribution in [0.3, 0.4) is 0 Å². The summed E-state index contributed by atoms with van der Waals surface area (Å²) in [6, 6.07) is 12.9. The SMILES string of the molecule is Cc1cccc(N2C[C@@H](C(=O)N3CCN(C(=O)c4ccccc4Cl)CC3)CC2=O)c1C. The van der Waals surface area contributed by atoms with Crippen molar-refractivity contribution in [3.05, 3.63) is 64.2 Å². The third-order valence-corrected chi connectivity index (χ3v) is 6.65. The van der Waals surface area contributed by atoms with Crippen molar-refractivity contribution in [1.82, 2.24) is 9.80 Å². The quantitative estimate of drug-likeness (QED) is 0.737. The monoisotopic (exact) mass is 439 g/mol. The number of benzene rings is 2. The minimum absolute atomic E-state index is 0.00833. The zero-order valence-electron chi connectivity index (χ0n) is 17.8. The van der Waals surface area contributed by atoms with Crippen LogP contribution in [0.15, 0.2) is 42.5 Å². The number of piperazine rings is 1. The molecule has 7 heteroatoms. The second-order valence-corrected chi connectivity index (χ2v) is 8.63. The van der Waals surface area contributed by atoms with E-state index in [-0.39, 0.29) is 30.1 Å². The maximum atomic E-state index is 13.1. The number of nitrogens with zero attached hydrogens (tertiary/aromatic N) is 3. The number of hydrogen-bond donors (Lipinski definition) is 0. The first-order chi connectivity index (χ1) is 14.9. The fourth-order valence-corrected chi connectivity index (χ4v) is 4.54. The second-order valence-electron chi connectivity index (χ2n) is 8.22. The van der Waals surface area contributed by atoms with E-state index in [0.29, 0.717) is 43.3 Å². The molecule has 0 aliphatic carbocycles. The molecule has 2 aliphatic heterocycles. The summed E-state index contributed by atoms with van der Waals surface area (Å²) in [5.74, 6) is -0.487. The first-order valence-electron chi connectivity index (χ1n) is 10.6. The van der Waals surface area contributed by atoms with Gasteiger partial charge in [-0.1, -0.05) is 35.9 Å². The smallest absolute Gasteiger partial charge is 0.255 e. The lowest BCUT2D eigenvalue weighted by atomic mass is 10.1. The van der Waals surface area contributed by atoms with Gasteiger partial charge in [-0.15, -0.1) is 0 Å². The van der Waals surface area contributed by atoms with Crippen molar-refractivity contribution in [2.24, 2.45) is 5.92 Å². The summed E-state index contributed by atoms with van der Waals surface area (Å²) in [6.45, 7) is 6.26. The molecule has 0 spiro atoms. The van der Waals surface area contributed by atoms with E-state index in [0.717, 1.165) is 16.8 Å². The summed E-state index contributed by atoms with van der Waals surface area (Å²) in [4.78, 5) is 43.7. The summed E-state index contributed by atoms with van der Waals surface area (Å²) in [6.07, 6.45) is 0.227. The Morgan fingerprint density at radius 3 is 2.32 bits per heavy atom. The molecule has 2 aromatic carbocycles. The van der Waals surface area contributed by atoms with Gasteiger partial charge in [0.2, 0.25) is 11.8 Å². The van der Waals surface area contributed by atoms with Crippen LogP contribution in [0.5, 0.6) is 0 Å². The van der Waals surface area contributed by atoms with Gasteiger partial charge in [0.1, 0.15) is 0 Å². The van der Waals surface area contributed by atoms with Crippen molar-refractivity contribution in [3.63, 3.8) is 0 Å². The van der Waals surface area contributed by atoms with Crippen LogP contribution in [-0.4, -0.2) is 60.2 Å². The van der Waals surface area contributed by atoms with Gasteiger partial charge >= 0.3 is 0 Å². The van der Waals surface area contributed by atoms with Gasteiger partial charge in [-0.05, 0) is 43.2 Å². The van der Waals surface area contributed by atoms with E-state index in [4.69, 9.17) is 11.6 Å². The van der Waals surface area contributed by atoms with E-state index >= 15 is 0 Å². The van der Waals surface area contributed by atoms with E-state index in [9.17, 15) is 14.4 Å². The molecule has 0 aromatic heterocycles. The maximum absolute atomic E-state index is 13.1. The molecule has 3 amide bonds. The van der Waals surface area contributed by atoms with Gasteiger partial charge in [-0.2, -0.15) is 0 Å².